The molecular formula is C27H30F3N2+. The van der Waals surface area contributed by atoms with Crippen LogP contribution in [0.2, 0.25) is 0 Å². The normalized spacial score (nSPS) is 13.6. The molecule has 0 aliphatic heterocycles. The van der Waals surface area contributed by atoms with Crippen molar-refractivity contribution < 1.29 is 18.2 Å². The minimum Gasteiger partial charge on any atom is -0.358 e. The number of rotatable bonds is 7. The van der Waals surface area contributed by atoms with Crippen LogP contribution in [0.4, 0.5) is 13.2 Å². The average molecular weight is 440 g/mol. The highest BCUT2D eigenvalue weighted by Gasteiger charge is 2.30. The molecule has 0 aliphatic rings. The van der Waals surface area contributed by atoms with Crippen LogP contribution in [-0.2, 0) is 6.18 Å². The lowest BCUT2D eigenvalue weighted by molar-refractivity contribution is -0.457. The zero-order valence-electron chi connectivity index (χ0n) is 19.0. The lowest BCUT2D eigenvalue weighted by Gasteiger charge is -2.10. The van der Waals surface area contributed by atoms with Crippen molar-refractivity contribution in [2.24, 2.45) is 5.92 Å². The minimum atomic E-state index is -4.38. The fraction of sp³-hybridized carbons (Fsp3) is 0.296. The van der Waals surface area contributed by atoms with E-state index in [4.69, 9.17) is 0 Å². The molecular weight excluding hydrogens is 409 g/mol. The van der Waals surface area contributed by atoms with E-state index in [1.165, 1.54) is 12.1 Å². The quantitative estimate of drug-likeness (QED) is 0.325. The van der Waals surface area contributed by atoms with E-state index in [0.29, 0.717) is 11.5 Å². The van der Waals surface area contributed by atoms with Crippen molar-refractivity contribution in [1.82, 2.24) is 4.98 Å². The highest BCUT2D eigenvalue weighted by atomic mass is 19.4. The van der Waals surface area contributed by atoms with Crippen molar-refractivity contribution >= 4 is 28.3 Å². The van der Waals surface area contributed by atoms with Crippen LogP contribution in [0, 0.1) is 12.8 Å². The number of allylic oxidation sites excluding steroid dienone is 3. The second kappa shape index (κ2) is 10.0. The summed E-state index contributed by atoms with van der Waals surface area (Å²) in [5.74, 6) is 0.543. The second-order valence-corrected chi connectivity index (χ2v) is 8.46. The van der Waals surface area contributed by atoms with Crippen molar-refractivity contribution in [3.05, 3.63) is 83.1 Å². The number of hydrogen-bond donors (Lipinski definition) is 2. The summed E-state index contributed by atoms with van der Waals surface area (Å²) in [7, 11) is 0. The first-order chi connectivity index (χ1) is 15.2. The minimum absolute atomic E-state index is 0.537. The maximum absolute atomic E-state index is 13.3. The van der Waals surface area contributed by atoms with Crippen molar-refractivity contribution in [3.63, 3.8) is 0 Å². The van der Waals surface area contributed by atoms with Gasteiger partial charge in [0.25, 0.3) is 0 Å². The van der Waals surface area contributed by atoms with Gasteiger partial charge in [0.2, 0.25) is 0 Å². The van der Waals surface area contributed by atoms with Gasteiger partial charge >= 0.3 is 6.18 Å². The van der Waals surface area contributed by atoms with Gasteiger partial charge in [-0.1, -0.05) is 56.3 Å². The molecule has 0 fully saturated rings. The van der Waals surface area contributed by atoms with Gasteiger partial charge in [0.05, 0.1) is 5.56 Å². The molecule has 0 bridgehead atoms. The molecule has 0 atom stereocenters. The second-order valence-electron chi connectivity index (χ2n) is 8.46. The number of hydrogen-bond acceptors (Lipinski definition) is 0. The van der Waals surface area contributed by atoms with Crippen molar-refractivity contribution in [2.45, 2.75) is 40.3 Å². The molecule has 0 aliphatic carbocycles. The van der Waals surface area contributed by atoms with Gasteiger partial charge in [-0.25, -0.2) is 4.99 Å². The highest BCUT2D eigenvalue weighted by molar-refractivity contribution is 6.20. The third kappa shape index (κ3) is 5.78. The molecule has 0 amide bonds. The van der Waals surface area contributed by atoms with Crippen molar-refractivity contribution in [1.29, 1.82) is 0 Å². The van der Waals surface area contributed by atoms with Gasteiger partial charge in [0, 0.05) is 41.1 Å². The van der Waals surface area contributed by atoms with Crippen LogP contribution in [0.25, 0.3) is 22.6 Å². The van der Waals surface area contributed by atoms with E-state index in [1.54, 1.807) is 6.07 Å². The Kier molecular flexibility index (Phi) is 7.39. The zero-order chi connectivity index (χ0) is 23.3. The fourth-order valence-electron chi connectivity index (χ4n) is 3.70. The summed E-state index contributed by atoms with van der Waals surface area (Å²) in [6.07, 6.45) is 2.40. The average Bonchev–Trinajstić information content (AvgIpc) is 3.05. The third-order valence-corrected chi connectivity index (χ3v) is 5.49. The number of nitrogens with one attached hydrogen (secondary N) is 2. The number of fused-ring (bicyclic) bond motifs is 1. The number of alkyl halides is 3. The van der Waals surface area contributed by atoms with Crippen LogP contribution in [-0.4, -0.2) is 17.2 Å². The van der Waals surface area contributed by atoms with Gasteiger partial charge in [-0.2, -0.15) is 13.2 Å². The number of aromatic amines is 1. The van der Waals surface area contributed by atoms with E-state index < -0.39 is 11.7 Å². The van der Waals surface area contributed by atoms with Gasteiger partial charge < -0.3 is 4.98 Å². The Balaban J connectivity index is 2.01. The summed E-state index contributed by atoms with van der Waals surface area (Å²) < 4.78 is 39.9. The number of aromatic nitrogens is 1. The molecule has 0 unspecified atom stereocenters. The molecule has 2 N–H and O–H groups in total. The third-order valence-electron chi connectivity index (χ3n) is 5.49. The van der Waals surface area contributed by atoms with Gasteiger partial charge in [-0.05, 0) is 42.7 Å². The van der Waals surface area contributed by atoms with Gasteiger partial charge in [0.1, 0.15) is 6.54 Å². The number of benzene rings is 2. The van der Waals surface area contributed by atoms with E-state index in [0.717, 1.165) is 52.5 Å². The largest absolute Gasteiger partial charge is 0.416 e. The molecule has 0 spiro atoms. The SMILES string of the molecule is CC(=[NH+]CCC(C)C)/C(=C\C=C\c1c(C)[nH]c2ccccc12)c1cccc(C(F)(F)F)c1. The Bertz CT molecular complexity index is 1160. The summed E-state index contributed by atoms with van der Waals surface area (Å²) in [6, 6.07) is 13.6. The van der Waals surface area contributed by atoms with Crippen LogP contribution in [0.1, 0.15) is 49.6 Å². The molecule has 32 heavy (non-hydrogen) atoms. The van der Waals surface area contributed by atoms with E-state index >= 15 is 0 Å². The first-order valence-electron chi connectivity index (χ1n) is 10.9. The van der Waals surface area contributed by atoms with Crippen LogP contribution in [0.15, 0.2) is 60.7 Å². The van der Waals surface area contributed by atoms with Crippen molar-refractivity contribution in [3.8, 4) is 0 Å². The Hall–Kier alpha value is -3.08. The number of H-pyrrole nitrogens is 1. The standard InChI is InChI=1S/C27H29F3N2/c1-18(2)15-16-31-19(3)23(21-9-7-10-22(17-21)27(28,29)30)12-8-13-24-20(4)32-26-14-6-5-11-25(24)26/h5-14,17-18,32H,15-16H2,1-4H3/p+1/b13-8+,23-12+,31-19?. The maximum atomic E-state index is 13.3. The van der Waals surface area contributed by atoms with E-state index in [-0.39, 0.29) is 0 Å². The fourth-order valence-corrected chi connectivity index (χ4v) is 3.70. The predicted octanol–water partition coefficient (Wildman–Crippen LogP) is 6.18. The summed E-state index contributed by atoms with van der Waals surface area (Å²) >= 11 is 0. The summed E-state index contributed by atoms with van der Waals surface area (Å²) in [5, 5.41) is 1.12. The van der Waals surface area contributed by atoms with Crippen LogP contribution in [0.3, 0.4) is 0 Å². The molecule has 0 saturated heterocycles. The molecule has 5 heteroatoms. The summed E-state index contributed by atoms with van der Waals surface area (Å²) in [5.41, 5.74) is 4.67. The monoisotopic (exact) mass is 439 g/mol. The highest BCUT2D eigenvalue weighted by Crippen LogP contribution is 2.31. The molecule has 1 aromatic heterocycles. The molecule has 0 saturated carbocycles. The van der Waals surface area contributed by atoms with Crippen LogP contribution >= 0.6 is 0 Å². The topological polar surface area (TPSA) is 29.8 Å². The van der Waals surface area contributed by atoms with Gasteiger partial charge in [-0.3, -0.25) is 0 Å². The molecule has 3 aromatic rings. The Labute approximate surface area is 187 Å². The first kappa shape index (κ1) is 23.6. The molecule has 2 nitrogen and oxygen atoms in total. The van der Waals surface area contributed by atoms with Gasteiger partial charge in [-0.15, -0.1) is 0 Å². The molecule has 2 aromatic carbocycles. The van der Waals surface area contributed by atoms with E-state index in [1.807, 2.05) is 50.3 Å². The first-order valence-corrected chi connectivity index (χ1v) is 10.9. The summed E-state index contributed by atoms with van der Waals surface area (Å²) in [4.78, 5) is 6.75. The molecule has 168 valence electrons. The van der Waals surface area contributed by atoms with Crippen LogP contribution < -0.4 is 4.99 Å². The predicted molar refractivity (Wildman–Crippen MR) is 127 cm³/mol. The smallest absolute Gasteiger partial charge is 0.358 e. The lowest BCUT2D eigenvalue weighted by atomic mass is 9.98. The van der Waals surface area contributed by atoms with Crippen molar-refractivity contribution in [2.75, 3.05) is 6.54 Å². The summed E-state index contributed by atoms with van der Waals surface area (Å²) in [6.45, 7) is 8.99. The maximum Gasteiger partial charge on any atom is 0.416 e. The van der Waals surface area contributed by atoms with Gasteiger partial charge in [0.15, 0.2) is 5.71 Å². The Morgan fingerprint density at radius 3 is 2.56 bits per heavy atom. The number of aryl methyl sites for hydroxylation is 1. The van der Waals surface area contributed by atoms with E-state index in [2.05, 4.69) is 29.9 Å². The van der Waals surface area contributed by atoms with E-state index in [9.17, 15) is 13.2 Å². The molecule has 1 heterocycles. The van der Waals surface area contributed by atoms with Crippen LogP contribution in [0.5, 0.6) is 0 Å². The number of para-hydroxylation sites is 1. The zero-order valence-corrected chi connectivity index (χ0v) is 19.0. The molecule has 3 rings (SSSR count). The molecule has 0 radical (unpaired) electrons. The lowest BCUT2D eigenvalue weighted by Crippen LogP contribution is -2.72. The Morgan fingerprint density at radius 2 is 1.84 bits per heavy atom. The number of halogens is 3. The Morgan fingerprint density at radius 1 is 1.09 bits per heavy atom.